The van der Waals surface area contributed by atoms with Crippen LogP contribution in [0.4, 0.5) is 45.5 Å². The van der Waals surface area contributed by atoms with E-state index >= 15 is 0 Å². The molecule has 0 bridgehead atoms. The number of pyridine rings is 4. The van der Waals surface area contributed by atoms with Gasteiger partial charge in [-0.3, -0.25) is 39.5 Å². The first kappa shape index (κ1) is 46.5. The molecule has 2 aliphatic heterocycles. The minimum absolute atomic E-state index is 0.113. The van der Waals surface area contributed by atoms with Gasteiger partial charge < -0.3 is 0 Å². The summed E-state index contributed by atoms with van der Waals surface area (Å²) in [4.78, 5) is 30.4. The molecule has 2 aliphatic rings. The summed E-state index contributed by atoms with van der Waals surface area (Å²) in [6.07, 6.45) is 8.18. The second-order valence-corrected chi connectivity index (χ2v) is 24.5. The molecule has 6 heterocycles. The monoisotopic (exact) mass is 881 g/mol. The van der Waals surface area contributed by atoms with Crippen molar-refractivity contribution in [1.29, 1.82) is 0 Å². The van der Waals surface area contributed by atoms with Gasteiger partial charge in [0.2, 0.25) is 0 Å². The molecule has 0 aliphatic carbocycles. The van der Waals surface area contributed by atoms with Gasteiger partial charge in [0.1, 0.15) is 0 Å². The van der Waals surface area contributed by atoms with Crippen LogP contribution in [0.3, 0.4) is 0 Å². The number of anilines is 8. The lowest BCUT2D eigenvalue weighted by Crippen LogP contribution is -2.34. The lowest BCUT2D eigenvalue weighted by molar-refractivity contribution is 0.568. The first-order chi connectivity index (χ1) is 30.5. The standard InChI is InChI=1S/C58H72N8/c1-53(2,3)37-19-25-43-45(31-37)65(41-23-29-49(61-35-41)57(13,14)15)51(63(43)39-21-27-47(59-33-39)55(7,8)9)52-64(40-22-28-48(60-34-40)56(10,11)12)44-26-20-38(54(4,5)6)32-46(44)66(52)42-24-30-50(62-36-42)58(16,17)18/h19-36H,1-18H3/b52-51+. The summed E-state index contributed by atoms with van der Waals surface area (Å²) in [5, 5.41) is 0. The predicted molar refractivity (Wildman–Crippen MR) is 278 cm³/mol. The maximum atomic E-state index is 5.19. The molecule has 0 radical (unpaired) electrons. The quantitative estimate of drug-likeness (QED) is 0.173. The smallest absolute Gasteiger partial charge is 0.166 e. The fourth-order valence-corrected chi connectivity index (χ4v) is 8.67. The zero-order valence-electron chi connectivity index (χ0n) is 43.0. The Bertz CT molecular complexity index is 2580. The number of aromatic nitrogens is 4. The zero-order chi connectivity index (χ0) is 48.1. The van der Waals surface area contributed by atoms with E-state index in [2.05, 4.69) is 229 Å². The molecule has 8 rings (SSSR count). The van der Waals surface area contributed by atoms with E-state index in [-0.39, 0.29) is 32.5 Å². The average molecular weight is 881 g/mol. The first-order valence-electron chi connectivity index (χ1n) is 23.6. The highest BCUT2D eigenvalue weighted by Crippen LogP contribution is 2.58. The Hall–Kier alpha value is -6.02. The maximum Gasteiger partial charge on any atom is 0.166 e. The largest absolute Gasteiger partial charge is 0.289 e. The van der Waals surface area contributed by atoms with Crippen molar-refractivity contribution in [2.75, 3.05) is 19.6 Å². The fraction of sp³-hybridized carbons (Fsp3) is 0.414. The second-order valence-electron chi connectivity index (χ2n) is 24.5. The molecule has 0 unspecified atom stereocenters. The molecule has 0 N–H and O–H groups in total. The number of hydrogen-bond acceptors (Lipinski definition) is 8. The molecule has 66 heavy (non-hydrogen) atoms. The van der Waals surface area contributed by atoms with Crippen LogP contribution in [0.15, 0.2) is 121 Å². The Morgan fingerprint density at radius 2 is 0.515 bits per heavy atom. The van der Waals surface area contributed by atoms with E-state index in [4.69, 9.17) is 19.9 Å². The van der Waals surface area contributed by atoms with Crippen LogP contribution in [0.5, 0.6) is 0 Å². The molecule has 0 saturated heterocycles. The highest BCUT2D eigenvalue weighted by atomic mass is 15.5. The minimum atomic E-state index is -0.126. The summed E-state index contributed by atoms with van der Waals surface area (Å²) >= 11 is 0. The Kier molecular flexibility index (Phi) is 11.1. The Balaban J connectivity index is 1.56. The normalized spacial score (nSPS) is 16.0. The molecule has 8 nitrogen and oxygen atoms in total. The van der Waals surface area contributed by atoms with E-state index in [0.29, 0.717) is 0 Å². The van der Waals surface area contributed by atoms with Crippen molar-refractivity contribution in [3.63, 3.8) is 0 Å². The molecule has 344 valence electrons. The zero-order valence-corrected chi connectivity index (χ0v) is 43.0. The Labute approximate surface area is 395 Å². The molecule has 0 fully saturated rings. The van der Waals surface area contributed by atoms with Crippen LogP contribution >= 0.6 is 0 Å². The van der Waals surface area contributed by atoms with Crippen LogP contribution in [0.2, 0.25) is 0 Å². The van der Waals surface area contributed by atoms with Gasteiger partial charge in [-0.1, -0.05) is 137 Å². The number of benzene rings is 2. The van der Waals surface area contributed by atoms with Crippen LogP contribution in [-0.4, -0.2) is 19.9 Å². The average Bonchev–Trinajstić information content (AvgIpc) is 3.74. The van der Waals surface area contributed by atoms with E-state index in [0.717, 1.165) is 79.9 Å². The maximum absolute atomic E-state index is 5.19. The van der Waals surface area contributed by atoms with Crippen molar-refractivity contribution in [3.8, 4) is 0 Å². The van der Waals surface area contributed by atoms with Crippen LogP contribution < -0.4 is 19.6 Å². The summed E-state index contributed by atoms with van der Waals surface area (Å²) < 4.78 is 0. The van der Waals surface area contributed by atoms with Crippen molar-refractivity contribution in [3.05, 3.63) is 155 Å². The van der Waals surface area contributed by atoms with Gasteiger partial charge in [0.05, 0.1) is 70.3 Å². The summed E-state index contributed by atoms with van der Waals surface area (Å²) in [6.45, 7) is 40.3. The Morgan fingerprint density at radius 1 is 0.273 bits per heavy atom. The van der Waals surface area contributed by atoms with E-state index in [9.17, 15) is 0 Å². The SMILES string of the molecule is CC(C)(C)c1ccc2c(c1)N(c1ccc(C(C)(C)C)nc1)/C(=C1\N(c3ccc(C(C)(C)C)nc3)c3ccc(C(C)(C)C)cc3N1c1ccc(C(C)(C)C)nc1)N2c1ccc(C(C)(C)C)nc1. The van der Waals surface area contributed by atoms with Gasteiger partial charge in [-0.15, -0.1) is 0 Å². The van der Waals surface area contributed by atoms with Crippen LogP contribution in [0, 0.1) is 0 Å². The molecule has 0 spiro atoms. The molecule has 4 aromatic heterocycles. The van der Waals surface area contributed by atoms with Crippen molar-refractivity contribution in [2.45, 2.75) is 157 Å². The van der Waals surface area contributed by atoms with Gasteiger partial charge in [-0.2, -0.15) is 0 Å². The lowest BCUT2D eigenvalue weighted by atomic mass is 9.86. The number of rotatable bonds is 4. The lowest BCUT2D eigenvalue weighted by Gasteiger charge is -2.34. The molecule has 0 atom stereocenters. The van der Waals surface area contributed by atoms with Gasteiger partial charge in [-0.05, 0) is 94.8 Å². The van der Waals surface area contributed by atoms with Crippen LogP contribution in [0.25, 0.3) is 0 Å². The van der Waals surface area contributed by atoms with E-state index in [1.165, 1.54) is 11.1 Å². The molecule has 0 saturated carbocycles. The van der Waals surface area contributed by atoms with Gasteiger partial charge >= 0.3 is 0 Å². The van der Waals surface area contributed by atoms with Crippen molar-refractivity contribution >= 4 is 45.5 Å². The highest BCUT2D eigenvalue weighted by molar-refractivity contribution is 6.00. The summed E-state index contributed by atoms with van der Waals surface area (Å²) in [5.74, 6) is 1.86. The number of hydrogen-bond donors (Lipinski definition) is 0. The highest BCUT2D eigenvalue weighted by Gasteiger charge is 2.46. The topological polar surface area (TPSA) is 64.5 Å². The Morgan fingerprint density at radius 3 is 0.712 bits per heavy atom. The predicted octanol–water partition coefficient (Wildman–Crippen LogP) is 15.5. The first-order valence-corrected chi connectivity index (χ1v) is 23.6. The molecular weight excluding hydrogens is 809 g/mol. The van der Waals surface area contributed by atoms with Crippen LogP contribution in [-0.2, 0) is 32.5 Å². The van der Waals surface area contributed by atoms with Gasteiger partial charge in [0.25, 0.3) is 0 Å². The second kappa shape index (κ2) is 15.8. The minimum Gasteiger partial charge on any atom is -0.289 e. The summed E-state index contributed by atoms with van der Waals surface area (Å²) in [5.41, 5.74) is 13.9. The third kappa shape index (κ3) is 8.60. The number of fused-ring (bicyclic) bond motifs is 2. The van der Waals surface area contributed by atoms with Crippen molar-refractivity contribution in [1.82, 2.24) is 19.9 Å². The van der Waals surface area contributed by atoms with E-state index in [1.54, 1.807) is 0 Å². The molecule has 8 heteroatoms. The summed E-state index contributed by atoms with van der Waals surface area (Å²) in [7, 11) is 0. The van der Waals surface area contributed by atoms with Crippen LogP contribution in [0.1, 0.15) is 159 Å². The van der Waals surface area contributed by atoms with Crippen molar-refractivity contribution < 1.29 is 0 Å². The van der Waals surface area contributed by atoms with E-state index < -0.39 is 0 Å². The molecule has 2 aromatic carbocycles. The molecular formula is C58H72N8. The third-order valence-electron chi connectivity index (χ3n) is 12.8. The van der Waals surface area contributed by atoms with Gasteiger partial charge in [0.15, 0.2) is 11.6 Å². The van der Waals surface area contributed by atoms with E-state index in [1.807, 2.05) is 24.8 Å². The number of nitrogens with zero attached hydrogens (tertiary/aromatic N) is 8. The molecule has 6 aromatic rings. The third-order valence-corrected chi connectivity index (χ3v) is 12.8. The molecule has 0 amide bonds. The van der Waals surface area contributed by atoms with Gasteiger partial charge in [-0.25, -0.2) is 0 Å². The summed E-state index contributed by atoms with van der Waals surface area (Å²) in [6, 6.07) is 31.6. The van der Waals surface area contributed by atoms with Gasteiger partial charge in [0, 0.05) is 44.4 Å². The van der Waals surface area contributed by atoms with Crippen molar-refractivity contribution in [2.24, 2.45) is 0 Å². The fourth-order valence-electron chi connectivity index (χ4n) is 8.67.